The van der Waals surface area contributed by atoms with Gasteiger partial charge in [-0.15, -0.1) is 5.10 Å². The fraction of sp³-hybridized carbons (Fsp3) is 0.800. The van der Waals surface area contributed by atoms with Crippen LogP contribution in [0, 0.1) is 0 Å². The number of aliphatic hydroxyl groups is 1. The van der Waals surface area contributed by atoms with Gasteiger partial charge in [-0.1, -0.05) is 5.21 Å². The number of ether oxygens (including phenoxy) is 1. The second-order valence-electron chi connectivity index (χ2n) is 3.91. The molecule has 0 aromatic carbocycles. The molecule has 0 amide bonds. The Morgan fingerprint density at radius 2 is 2.31 bits per heavy atom. The molecule has 1 unspecified atom stereocenters. The van der Waals surface area contributed by atoms with Crippen LogP contribution in [-0.4, -0.2) is 52.0 Å². The summed E-state index contributed by atoms with van der Waals surface area (Å²) in [6.07, 6.45) is 3.15. The predicted molar refractivity (Wildman–Crippen MR) is 60.0 cm³/mol. The molecule has 1 aromatic rings. The lowest BCUT2D eigenvalue weighted by atomic mass is 10.3. The highest BCUT2D eigenvalue weighted by molar-refractivity contribution is 4.65. The Hall–Kier alpha value is -0.980. The third-order valence-corrected chi connectivity index (χ3v) is 1.99. The monoisotopic (exact) mass is 228 g/mol. The molecule has 0 radical (unpaired) electrons. The second kappa shape index (κ2) is 7.32. The van der Waals surface area contributed by atoms with Crippen molar-refractivity contribution in [1.82, 2.24) is 20.3 Å². The molecule has 0 aliphatic heterocycles. The molecule has 0 aliphatic rings. The molecule has 0 spiro atoms. The molecular weight excluding hydrogens is 208 g/mol. The number of nitrogens with zero attached hydrogens (tertiary/aromatic N) is 3. The number of nitrogens with one attached hydrogen (secondary N) is 1. The number of aliphatic hydroxyl groups excluding tert-OH is 1. The summed E-state index contributed by atoms with van der Waals surface area (Å²) in [6, 6.07) is 0. The molecule has 6 nitrogen and oxygen atoms in total. The van der Waals surface area contributed by atoms with Crippen molar-refractivity contribution < 1.29 is 9.84 Å². The normalized spacial score (nSPS) is 13.2. The van der Waals surface area contributed by atoms with Crippen molar-refractivity contribution >= 4 is 0 Å². The van der Waals surface area contributed by atoms with Gasteiger partial charge in [0.1, 0.15) is 0 Å². The third kappa shape index (κ3) is 5.79. The summed E-state index contributed by atoms with van der Waals surface area (Å²) in [4.78, 5) is 0. The smallest absolute Gasteiger partial charge is 0.0897 e. The minimum Gasteiger partial charge on any atom is -0.389 e. The average Bonchev–Trinajstić information content (AvgIpc) is 2.74. The van der Waals surface area contributed by atoms with Crippen molar-refractivity contribution in [2.24, 2.45) is 0 Å². The van der Waals surface area contributed by atoms with Crippen LogP contribution in [0.4, 0.5) is 0 Å². The highest BCUT2D eigenvalue weighted by Gasteiger charge is 2.04. The van der Waals surface area contributed by atoms with Crippen LogP contribution in [-0.2, 0) is 11.3 Å². The summed E-state index contributed by atoms with van der Waals surface area (Å²) < 4.78 is 7.03. The van der Waals surface area contributed by atoms with Gasteiger partial charge >= 0.3 is 0 Å². The SMILES string of the molecule is CC(C)OCC(O)CNCCn1ccnn1. The highest BCUT2D eigenvalue weighted by Crippen LogP contribution is 1.90. The quantitative estimate of drug-likeness (QED) is 0.595. The van der Waals surface area contributed by atoms with Gasteiger partial charge in [-0.2, -0.15) is 0 Å². The van der Waals surface area contributed by atoms with Crippen molar-refractivity contribution in [2.45, 2.75) is 32.6 Å². The van der Waals surface area contributed by atoms with Gasteiger partial charge < -0.3 is 15.2 Å². The minimum absolute atomic E-state index is 0.157. The summed E-state index contributed by atoms with van der Waals surface area (Å²) in [6.45, 7) is 6.30. The highest BCUT2D eigenvalue weighted by atomic mass is 16.5. The maximum Gasteiger partial charge on any atom is 0.0897 e. The van der Waals surface area contributed by atoms with Crippen molar-refractivity contribution in [1.29, 1.82) is 0 Å². The Balaban J connectivity index is 1.98. The van der Waals surface area contributed by atoms with Gasteiger partial charge in [0, 0.05) is 19.3 Å². The largest absolute Gasteiger partial charge is 0.389 e. The van der Waals surface area contributed by atoms with E-state index in [1.807, 2.05) is 13.8 Å². The molecule has 0 saturated carbocycles. The fourth-order valence-corrected chi connectivity index (χ4v) is 1.18. The van der Waals surface area contributed by atoms with Crippen molar-refractivity contribution in [2.75, 3.05) is 19.7 Å². The first-order chi connectivity index (χ1) is 7.68. The lowest BCUT2D eigenvalue weighted by Crippen LogP contribution is -2.33. The Morgan fingerprint density at radius 1 is 1.50 bits per heavy atom. The Labute approximate surface area is 95.6 Å². The first kappa shape index (κ1) is 13.1. The summed E-state index contributed by atoms with van der Waals surface area (Å²) in [5, 5.41) is 20.2. The van der Waals surface area contributed by atoms with E-state index in [9.17, 15) is 5.11 Å². The second-order valence-corrected chi connectivity index (χ2v) is 3.91. The third-order valence-electron chi connectivity index (χ3n) is 1.99. The summed E-state index contributed by atoms with van der Waals surface area (Å²) in [5.41, 5.74) is 0. The molecule has 1 atom stereocenters. The van der Waals surface area contributed by atoms with Gasteiger partial charge in [0.25, 0.3) is 0 Å². The number of hydrogen-bond acceptors (Lipinski definition) is 5. The zero-order chi connectivity index (χ0) is 11.8. The standard InChI is InChI=1S/C10H20N4O2/c1-9(2)16-8-10(15)7-11-3-5-14-6-4-12-13-14/h4,6,9-11,15H,3,5,7-8H2,1-2H3. The number of aromatic nitrogens is 3. The lowest BCUT2D eigenvalue weighted by Gasteiger charge is -2.14. The Morgan fingerprint density at radius 3 is 2.94 bits per heavy atom. The Kier molecular flexibility index (Phi) is 5.99. The van der Waals surface area contributed by atoms with Crippen LogP contribution in [0.2, 0.25) is 0 Å². The van der Waals surface area contributed by atoms with Crippen molar-refractivity contribution in [3.8, 4) is 0 Å². The van der Waals surface area contributed by atoms with Gasteiger partial charge in [0.15, 0.2) is 0 Å². The van der Waals surface area contributed by atoms with Crippen LogP contribution < -0.4 is 5.32 Å². The van der Waals surface area contributed by atoms with E-state index in [0.717, 1.165) is 13.1 Å². The van der Waals surface area contributed by atoms with Crippen LogP contribution in [0.15, 0.2) is 12.4 Å². The summed E-state index contributed by atoms with van der Waals surface area (Å²) >= 11 is 0. The van der Waals surface area contributed by atoms with E-state index in [4.69, 9.17) is 4.74 Å². The molecule has 92 valence electrons. The van der Waals surface area contributed by atoms with E-state index in [1.165, 1.54) is 0 Å². The van der Waals surface area contributed by atoms with Crippen molar-refractivity contribution in [3.63, 3.8) is 0 Å². The van der Waals surface area contributed by atoms with Gasteiger partial charge in [-0.05, 0) is 13.8 Å². The van der Waals surface area contributed by atoms with E-state index in [2.05, 4.69) is 15.6 Å². The molecule has 0 bridgehead atoms. The molecular formula is C10H20N4O2. The van der Waals surface area contributed by atoms with E-state index >= 15 is 0 Å². The topological polar surface area (TPSA) is 72.2 Å². The van der Waals surface area contributed by atoms with Gasteiger partial charge in [0.2, 0.25) is 0 Å². The molecule has 1 aromatic heterocycles. The molecule has 0 saturated heterocycles. The van der Waals surface area contributed by atoms with Gasteiger partial charge in [-0.3, -0.25) is 4.68 Å². The zero-order valence-corrected chi connectivity index (χ0v) is 9.83. The molecule has 0 aliphatic carbocycles. The number of hydrogen-bond donors (Lipinski definition) is 2. The summed E-state index contributed by atoms with van der Waals surface area (Å²) in [7, 11) is 0. The minimum atomic E-state index is -0.460. The van der Waals surface area contributed by atoms with Gasteiger partial charge in [0.05, 0.1) is 31.6 Å². The van der Waals surface area contributed by atoms with E-state index < -0.39 is 6.10 Å². The van der Waals surface area contributed by atoms with E-state index in [0.29, 0.717) is 13.2 Å². The van der Waals surface area contributed by atoms with E-state index in [1.54, 1.807) is 17.1 Å². The summed E-state index contributed by atoms with van der Waals surface area (Å²) in [5.74, 6) is 0. The maximum absolute atomic E-state index is 9.53. The first-order valence-electron chi connectivity index (χ1n) is 5.53. The molecule has 16 heavy (non-hydrogen) atoms. The predicted octanol–water partition coefficient (Wildman–Crippen LogP) is -0.346. The van der Waals surface area contributed by atoms with Crippen LogP contribution in [0.3, 0.4) is 0 Å². The Bertz CT molecular complexity index is 264. The molecule has 6 heteroatoms. The maximum atomic E-state index is 9.53. The average molecular weight is 228 g/mol. The van der Waals surface area contributed by atoms with Crippen molar-refractivity contribution in [3.05, 3.63) is 12.4 Å². The zero-order valence-electron chi connectivity index (χ0n) is 9.83. The fourth-order valence-electron chi connectivity index (χ4n) is 1.18. The first-order valence-corrected chi connectivity index (χ1v) is 5.53. The molecule has 1 heterocycles. The van der Waals surface area contributed by atoms with Crippen LogP contribution in [0.1, 0.15) is 13.8 Å². The van der Waals surface area contributed by atoms with Crippen LogP contribution in [0.25, 0.3) is 0 Å². The lowest BCUT2D eigenvalue weighted by molar-refractivity contribution is 0.00640. The molecule has 0 fully saturated rings. The van der Waals surface area contributed by atoms with Gasteiger partial charge in [-0.25, -0.2) is 0 Å². The van der Waals surface area contributed by atoms with Crippen LogP contribution >= 0.6 is 0 Å². The number of rotatable bonds is 8. The van der Waals surface area contributed by atoms with Crippen LogP contribution in [0.5, 0.6) is 0 Å². The molecule has 2 N–H and O–H groups in total. The molecule has 1 rings (SSSR count). The van der Waals surface area contributed by atoms with E-state index in [-0.39, 0.29) is 6.10 Å².